The molecule has 1 amide bonds. The Morgan fingerprint density at radius 2 is 1.91 bits per heavy atom. The number of anilines is 1. The van der Waals surface area contributed by atoms with Gasteiger partial charge in [-0.3, -0.25) is 4.79 Å². The second-order valence-corrected chi connectivity index (χ2v) is 6.70. The predicted molar refractivity (Wildman–Crippen MR) is 104 cm³/mol. The van der Waals surface area contributed by atoms with Gasteiger partial charge in [-0.25, -0.2) is 4.98 Å². The molecule has 3 heterocycles. The van der Waals surface area contributed by atoms with Crippen LogP contribution < -0.4 is 15.4 Å². The third-order valence-corrected chi connectivity index (χ3v) is 4.49. The molecule has 0 bridgehead atoms. The molecular formula is C20H14F3N7O2. The summed E-state index contributed by atoms with van der Waals surface area (Å²) in [6.07, 6.45) is -3.22. The Morgan fingerprint density at radius 3 is 2.50 bits per heavy atom. The lowest BCUT2D eigenvalue weighted by Gasteiger charge is -2.11. The van der Waals surface area contributed by atoms with Crippen LogP contribution in [0.1, 0.15) is 17.8 Å². The van der Waals surface area contributed by atoms with Crippen molar-refractivity contribution < 1.29 is 22.7 Å². The molecule has 1 unspecified atom stereocenters. The van der Waals surface area contributed by atoms with Gasteiger partial charge in [-0.2, -0.15) is 33.4 Å². The molecule has 1 saturated heterocycles. The fraction of sp³-hybridized carbons (Fsp3) is 0.200. The van der Waals surface area contributed by atoms with Crippen molar-refractivity contribution in [3.8, 4) is 29.1 Å². The molecule has 12 heteroatoms. The molecular weight excluding hydrogens is 427 g/mol. The molecule has 2 aromatic heterocycles. The van der Waals surface area contributed by atoms with Crippen molar-refractivity contribution in [3.63, 3.8) is 0 Å². The van der Waals surface area contributed by atoms with Gasteiger partial charge in [-0.1, -0.05) is 0 Å². The van der Waals surface area contributed by atoms with Crippen molar-refractivity contribution in [2.75, 3.05) is 11.9 Å². The third kappa shape index (κ3) is 4.72. The van der Waals surface area contributed by atoms with Crippen LogP contribution in [-0.4, -0.2) is 38.4 Å². The number of nitrogens with one attached hydrogen (secondary N) is 2. The first-order valence-electron chi connectivity index (χ1n) is 9.34. The van der Waals surface area contributed by atoms with Gasteiger partial charge in [-0.15, -0.1) is 0 Å². The monoisotopic (exact) mass is 441 g/mol. The van der Waals surface area contributed by atoms with E-state index in [0.29, 0.717) is 30.5 Å². The fourth-order valence-electron chi connectivity index (χ4n) is 2.91. The van der Waals surface area contributed by atoms with Gasteiger partial charge < -0.3 is 15.4 Å². The molecule has 2 N–H and O–H groups in total. The Balaban J connectivity index is 1.51. The Bertz CT molecular complexity index is 1180. The van der Waals surface area contributed by atoms with E-state index in [0.717, 1.165) is 12.1 Å². The predicted octanol–water partition coefficient (Wildman–Crippen LogP) is 2.92. The molecule has 1 aliphatic rings. The fourth-order valence-corrected chi connectivity index (χ4v) is 2.91. The van der Waals surface area contributed by atoms with Crippen LogP contribution in [0.2, 0.25) is 0 Å². The number of carbonyl (C=O) groups is 1. The normalized spacial score (nSPS) is 15.7. The lowest BCUT2D eigenvalue weighted by atomic mass is 10.2. The lowest BCUT2D eigenvalue weighted by Crippen LogP contribution is -2.30. The molecule has 9 nitrogen and oxygen atoms in total. The van der Waals surface area contributed by atoms with Gasteiger partial charge in [0, 0.05) is 24.4 Å². The number of halogens is 3. The molecule has 1 aliphatic heterocycles. The van der Waals surface area contributed by atoms with E-state index in [1.807, 2.05) is 6.07 Å². The number of hydrogen-bond acceptors (Lipinski definition) is 8. The van der Waals surface area contributed by atoms with Gasteiger partial charge in [0.25, 0.3) is 0 Å². The van der Waals surface area contributed by atoms with E-state index in [-0.39, 0.29) is 29.4 Å². The Kier molecular flexibility index (Phi) is 5.55. The molecule has 0 aliphatic carbocycles. The second kappa shape index (κ2) is 8.46. The van der Waals surface area contributed by atoms with Gasteiger partial charge in [0.15, 0.2) is 5.82 Å². The zero-order valence-corrected chi connectivity index (χ0v) is 16.2. The number of nitriles is 1. The van der Waals surface area contributed by atoms with Crippen LogP contribution >= 0.6 is 0 Å². The number of hydrogen-bond donors (Lipinski definition) is 2. The second-order valence-electron chi connectivity index (χ2n) is 6.70. The standard InChI is InChI=1S/C20H14F3N7O2/c21-20(22,23)12-3-6-16(26-10-12)32-13-4-1-11(2-5-13)17-28-15(9-24)29-19(30-17)27-14-7-8-25-18(14)31/h1-6,10,14H,7-8H2,(H,25,31)(H,27,28,29,30). The highest BCUT2D eigenvalue weighted by atomic mass is 19.4. The van der Waals surface area contributed by atoms with Crippen LogP contribution in [0, 0.1) is 11.3 Å². The minimum Gasteiger partial charge on any atom is -0.439 e. The number of alkyl halides is 3. The zero-order chi connectivity index (χ0) is 22.7. The van der Waals surface area contributed by atoms with Gasteiger partial charge in [-0.05, 0) is 36.8 Å². The molecule has 32 heavy (non-hydrogen) atoms. The lowest BCUT2D eigenvalue weighted by molar-refractivity contribution is -0.137. The van der Waals surface area contributed by atoms with E-state index < -0.39 is 17.8 Å². The molecule has 0 spiro atoms. The van der Waals surface area contributed by atoms with Crippen molar-refractivity contribution in [3.05, 3.63) is 54.0 Å². The van der Waals surface area contributed by atoms with Crippen molar-refractivity contribution in [1.29, 1.82) is 5.26 Å². The summed E-state index contributed by atoms with van der Waals surface area (Å²) in [5.41, 5.74) is -0.335. The number of carbonyl (C=O) groups excluding carboxylic acids is 1. The largest absolute Gasteiger partial charge is 0.439 e. The number of ether oxygens (including phenoxy) is 1. The molecule has 3 aromatic rings. The summed E-state index contributed by atoms with van der Waals surface area (Å²) >= 11 is 0. The number of pyridine rings is 1. The van der Waals surface area contributed by atoms with Crippen molar-refractivity contribution >= 4 is 11.9 Å². The minimum atomic E-state index is -4.48. The molecule has 4 rings (SSSR count). The number of nitrogens with zero attached hydrogens (tertiary/aromatic N) is 5. The quantitative estimate of drug-likeness (QED) is 0.619. The maximum atomic E-state index is 12.6. The molecule has 1 atom stereocenters. The van der Waals surface area contributed by atoms with Crippen LogP contribution in [0.25, 0.3) is 11.4 Å². The van der Waals surface area contributed by atoms with E-state index in [9.17, 15) is 23.2 Å². The smallest absolute Gasteiger partial charge is 0.417 e. The summed E-state index contributed by atoms with van der Waals surface area (Å²) in [4.78, 5) is 27.8. The van der Waals surface area contributed by atoms with Crippen molar-refractivity contribution in [2.24, 2.45) is 0 Å². The summed E-state index contributed by atoms with van der Waals surface area (Å²) in [6, 6.07) is 9.70. The number of amides is 1. The van der Waals surface area contributed by atoms with E-state index in [2.05, 4.69) is 30.6 Å². The van der Waals surface area contributed by atoms with E-state index >= 15 is 0 Å². The highest BCUT2D eigenvalue weighted by Gasteiger charge is 2.30. The van der Waals surface area contributed by atoms with Crippen LogP contribution in [0.3, 0.4) is 0 Å². The first-order chi connectivity index (χ1) is 15.3. The summed E-state index contributed by atoms with van der Waals surface area (Å²) in [5, 5.41) is 14.8. The number of benzene rings is 1. The summed E-state index contributed by atoms with van der Waals surface area (Å²) in [7, 11) is 0. The Morgan fingerprint density at radius 1 is 1.12 bits per heavy atom. The number of aromatic nitrogens is 4. The summed E-state index contributed by atoms with van der Waals surface area (Å²) in [5.74, 6) is 0.337. The van der Waals surface area contributed by atoms with Crippen molar-refractivity contribution in [1.82, 2.24) is 25.3 Å². The highest BCUT2D eigenvalue weighted by molar-refractivity contribution is 5.86. The maximum Gasteiger partial charge on any atom is 0.417 e. The van der Waals surface area contributed by atoms with Crippen LogP contribution in [0.5, 0.6) is 11.6 Å². The van der Waals surface area contributed by atoms with Gasteiger partial charge >= 0.3 is 6.18 Å². The van der Waals surface area contributed by atoms with Gasteiger partial charge in [0.2, 0.25) is 23.6 Å². The Labute approximate surface area is 179 Å². The first-order valence-corrected chi connectivity index (χ1v) is 9.34. The maximum absolute atomic E-state index is 12.6. The summed E-state index contributed by atoms with van der Waals surface area (Å²) in [6.45, 7) is 0.537. The van der Waals surface area contributed by atoms with Crippen LogP contribution in [0.15, 0.2) is 42.6 Å². The molecule has 0 radical (unpaired) electrons. The summed E-state index contributed by atoms with van der Waals surface area (Å²) < 4.78 is 43.3. The van der Waals surface area contributed by atoms with Gasteiger partial charge in [0.05, 0.1) is 5.56 Å². The zero-order valence-electron chi connectivity index (χ0n) is 16.2. The Hall–Kier alpha value is -4.27. The molecule has 1 fully saturated rings. The van der Waals surface area contributed by atoms with Crippen LogP contribution in [-0.2, 0) is 11.0 Å². The molecule has 1 aromatic carbocycles. The van der Waals surface area contributed by atoms with E-state index in [1.54, 1.807) is 24.3 Å². The van der Waals surface area contributed by atoms with E-state index in [4.69, 9.17) is 4.74 Å². The molecule has 0 saturated carbocycles. The number of rotatable bonds is 5. The van der Waals surface area contributed by atoms with Crippen LogP contribution in [0.4, 0.5) is 19.1 Å². The average Bonchev–Trinajstić information content (AvgIpc) is 3.18. The minimum absolute atomic E-state index is 0.000922. The average molecular weight is 441 g/mol. The van der Waals surface area contributed by atoms with E-state index in [1.165, 1.54) is 0 Å². The highest BCUT2D eigenvalue weighted by Crippen LogP contribution is 2.30. The SMILES string of the molecule is N#Cc1nc(NC2CCNC2=O)nc(-c2ccc(Oc3ccc(C(F)(F)F)cn3)cc2)n1. The topological polar surface area (TPSA) is 126 Å². The third-order valence-electron chi connectivity index (χ3n) is 4.49. The van der Waals surface area contributed by atoms with Gasteiger partial charge in [0.1, 0.15) is 17.9 Å². The van der Waals surface area contributed by atoms with Crippen molar-refractivity contribution in [2.45, 2.75) is 18.6 Å². The molecule has 162 valence electrons. The first kappa shape index (κ1) is 21.0.